The quantitative estimate of drug-likeness (QED) is 0.862. The van der Waals surface area contributed by atoms with E-state index in [4.69, 9.17) is 4.74 Å². The monoisotopic (exact) mass is 252 g/mol. The van der Waals surface area contributed by atoms with Crippen molar-refractivity contribution in [1.29, 1.82) is 0 Å². The third kappa shape index (κ3) is 2.98. The van der Waals surface area contributed by atoms with Gasteiger partial charge in [-0.05, 0) is 38.1 Å². The Kier molecular flexibility index (Phi) is 4.15. The van der Waals surface area contributed by atoms with Gasteiger partial charge < -0.3 is 15.4 Å². The first-order chi connectivity index (χ1) is 8.70. The van der Waals surface area contributed by atoms with E-state index in [1.807, 2.05) is 0 Å². The van der Waals surface area contributed by atoms with E-state index in [0.717, 1.165) is 25.9 Å². The maximum absolute atomic E-state index is 13.5. The van der Waals surface area contributed by atoms with Crippen molar-refractivity contribution in [2.24, 2.45) is 5.92 Å². The number of carbonyl (C=O) groups is 1. The fourth-order valence-electron chi connectivity index (χ4n) is 2.07. The molecule has 1 saturated heterocycles. The van der Waals surface area contributed by atoms with Gasteiger partial charge in [-0.15, -0.1) is 0 Å². The Morgan fingerprint density at radius 1 is 1.44 bits per heavy atom. The molecule has 1 fully saturated rings. The Morgan fingerprint density at radius 2 is 2.17 bits per heavy atom. The molecule has 0 aromatic heterocycles. The topological polar surface area (TPSA) is 50.4 Å². The zero-order chi connectivity index (χ0) is 13.0. The van der Waals surface area contributed by atoms with Gasteiger partial charge in [0, 0.05) is 17.7 Å². The molecule has 0 aliphatic carbocycles. The molecule has 0 atom stereocenters. The average Bonchev–Trinajstić information content (AvgIpc) is 2.40. The Labute approximate surface area is 106 Å². The van der Waals surface area contributed by atoms with Gasteiger partial charge in [-0.2, -0.15) is 0 Å². The summed E-state index contributed by atoms with van der Waals surface area (Å²) in [6.07, 6.45) is 1.65. The molecule has 18 heavy (non-hydrogen) atoms. The number of benzene rings is 1. The molecular formula is C13H17FN2O2. The highest BCUT2D eigenvalue weighted by molar-refractivity contribution is 5.92. The minimum atomic E-state index is -0.472. The SMILES string of the molecule is COc1ccc(NC(=O)C2CCNCC2)cc1F. The molecule has 5 heteroatoms. The van der Waals surface area contributed by atoms with Crippen LogP contribution >= 0.6 is 0 Å². The van der Waals surface area contributed by atoms with E-state index in [-0.39, 0.29) is 17.6 Å². The first kappa shape index (κ1) is 12.8. The van der Waals surface area contributed by atoms with Crippen LogP contribution in [0.3, 0.4) is 0 Å². The predicted molar refractivity (Wildman–Crippen MR) is 67.2 cm³/mol. The van der Waals surface area contributed by atoms with Gasteiger partial charge in [-0.1, -0.05) is 0 Å². The van der Waals surface area contributed by atoms with Crippen molar-refractivity contribution in [3.63, 3.8) is 0 Å². The van der Waals surface area contributed by atoms with Gasteiger partial charge in [0.05, 0.1) is 7.11 Å². The largest absolute Gasteiger partial charge is 0.494 e. The minimum absolute atomic E-state index is 0.0106. The van der Waals surface area contributed by atoms with Crippen molar-refractivity contribution in [2.75, 3.05) is 25.5 Å². The second-order valence-electron chi connectivity index (χ2n) is 4.36. The molecule has 0 bridgehead atoms. The second-order valence-corrected chi connectivity index (χ2v) is 4.36. The zero-order valence-corrected chi connectivity index (χ0v) is 10.3. The van der Waals surface area contributed by atoms with Crippen LogP contribution < -0.4 is 15.4 Å². The number of methoxy groups -OCH3 is 1. The van der Waals surface area contributed by atoms with E-state index in [1.54, 1.807) is 6.07 Å². The molecule has 0 radical (unpaired) electrons. The fraction of sp³-hybridized carbons (Fsp3) is 0.462. The summed E-state index contributed by atoms with van der Waals surface area (Å²) in [6.45, 7) is 1.71. The fourth-order valence-corrected chi connectivity index (χ4v) is 2.07. The van der Waals surface area contributed by atoms with Crippen molar-refractivity contribution >= 4 is 11.6 Å². The number of halogens is 1. The number of rotatable bonds is 3. The van der Waals surface area contributed by atoms with E-state index >= 15 is 0 Å². The van der Waals surface area contributed by atoms with Crippen LogP contribution in [0.4, 0.5) is 10.1 Å². The van der Waals surface area contributed by atoms with E-state index in [9.17, 15) is 9.18 Å². The summed E-state index contributed by atoms with van der Waals surface area (Å²) in [5.41, 5.74) is 0.469. The van der Waals surface area contributed by atoms with Crippen LogP contribution in [0.5, 0.6) is 5.75 Å². The average molecular weight is 252 g/mol. The zero-order valence-electron chi connectivity index (χ0n) is 10.3. The number of piperidine rings is 1. The number of amides is 1. The second kappa shape index (κ2) is 5.82. The number of carbonyl (C=O) groups excluding carboxylic acids is 1. The molecule has 1 heterocycles. The van der Waals surface area contributed by atoms with Crippen LogP contribution in [0.25, 0.3) is 0 Å². The Bertz CT molecular complexity index is 431. The number of hydrogen-bond donors (Lipinski definition) is 2. The Morgan fingerprint density at radius 3 is 2.78 bits per heavy atom. The number of anilines is 1. The summed E-state index contributed by atoms with van der Waals surface area (Å²) in [6, 6.07) is 4.42. The van der Waals surface area contributed by atoms with Gasteiger partial charge in [0.15, 0.2) is 11.6 Å². The molecule has 0 unspecified atom stereocenters. The van der Waals surface area contributed by atoms with Crippen molar-refractivity contribution in [3.8, 4) is 5.75 Å². The number of nitrogens with one attached hydrogen (secondary N) is 2. The third-order valence-corrected chi connectivity index (χ3v) is 3.13. The lowest BCUT2D eigenvalue weighted by molar-refractivity contribution is -0.120. The lowest BCUT2D eigenvalue weighted by Crippen LogP contribution is -2.34. The maximum atomic E-state index is 13.5. The van der Waals surface area contributed by atoms with Gasteiger partial charge >= 0.3 is 0 Å². The lowest BCUT2D eigenvalue weighted by atomic mass is 9.97. The van der Waals surface area contributed by atoms with Crippen LogP contribution in [-0.4, -0.2) is 26.1 Å². The molecule has 4 nitrogen and oxygen atoms in total. The van der Waals surface area contributed by atoms with Crippen molar-refractivity contribution in [3.05, 3.63) is 24.0 Å². The highest BCUT2D eigenvalue weighted by atomic mass is 19.1. The van der Waals surface area contributed by atoms with E-state index in [2.05, 4.69) is 10.6 Å². The molecule has 2 rings (SSSR count). The molecule has 1 amide bonds. The van der Waals surface area contributed by atoms with Gasteiger partial charge in [0.1, 0.15) is 0 Å². The van der Waals surface area contributed by atoms with Crippen LogP contribution in [0.15, 0.2) is 18.2 Å². The van der Waals surface area contributed by atoms with Gasteiger partial charge in [-0.25, -0.2) is 4.39 Å². The molecule has 0 spiro atoms. The van der Waals surface area contributed by atoms with E-state index < -0.39 is 5.82 Å². The maximum Gasteiger partial charge on any atom is 0.227 e. The number of hydrogen-bond acceptors (Lipinski definition) is 3. The van der Waals surface area contributed by atoms with Crippen LogP contribution in [0, 0.1) is 11.7 Å². The van der Waals surface area contributed by atoms with Gasteiger partial charge in [0.2, 0.25) is 5.91 Å². The van der Waals surface area contributed by atoms with Crippen LogP contribution in [-0.2, 0) is 4.79 Å². The van der Waals surface area contributed by atoms with Crippen molar-refractivity contribution in [2.45, 2.75) is 12.8 Å². The normalized spacial score (nSPS) is 16.3. The van der Waals surface area contributed by atoms with Gasteiger partial charge in [0.25, 0.3) is 0 Å². The van der Waals surface area contributed by atoms with E-state index in [0.29, 0.717) is 5.69 Å². The minimum Gasteiger partial charge on any atom is -0.494 e. The molecule has 1 aliphatic rings. The predicted octanol–water partition coefficient (Wildman–Crippen LogP) is 1.77. The summed E-state index contributed by atoms with van der Waals surface area (Å²) in [5.74, 6) is -0.326. The molecule has 0 saturated carbocycles. The molecule has 98 valence electrons. The van der Waals surface area contributed by atoms with Gasteiger partial charge in [-0.3, -0.25) is 4.79 Å². The number of ether oxygens (including phenoxy) is 1. The van der Waals surface area contributed by atoms with Crippen LogP contribution in [0.1, 0.15) is 12.8 Å². The molecule has 2 N–H and O–H groups in total. The first-order valence-corrected chi connectivity index (χ1v) is 6.06. The molecule has 1 aromatic rings. The molecule has 1 aliphatic heterocycles. The Balaban J connectivity index is 2.00. The molecule has 1 aromatic carbocycles. The highest BCUT2D eigenvalue weighted by Gasteiger charge is 2.21. The summed E-state index contributed by atoms with van der Waals surface area (Å²) >= 11 is 0. The van der Waals surface area contributed by atoms with Crippen molar-refractivity contribution in [1.82, 2.24) is 5.32 Å². The van der Waals surface area contributed by atoms with Crippen LogP contribution in [0.2, 0.25) is 0 Å². The highest BCUT2D eigenvalue weighted by Crippen LogP contribution is 2.22. The Hall–Kier alpha value is -1.62. The van der Waals surface area contributed by atoms with E-state index in [1.165, 1.54) is 19.2 Å². The molecular weight excluding hydrogens is 235 g/mol. The lowest BCUT2D eigenvalue weighted by Gasteiger charge is -2.21. The summed E-state index contributed by atoms with van der Waals surface area (Å²) in [5, 5.41) is 5.94. The summed E-state index contributed by atoms with van der Waals surface area (Å²) < 4.78 is 18.3. The third-order valence-electron chi connectivity index (χ3n) is 3.13. The standard InChI is InChI=1S/C13H17FN2O2/c1-18-12-3-2-10(8-11(12)14)16-13(17)9-4-6-15-7-5-9/h2-3,8-9,15H,4-7H2,1H3,(H,16,17). The first-order valence-electron chi connectivity index (χ1n) is 6.06. The summed E-state index contributed by atoms with van der Waals surface area (Å²) in [4.78, 5) is 11.9. The van der Waals surface area contributed by atoms with Crippen molar-refractivity contribution < 1.29 is 13.9 Å². The smallest absolute Gasteiger partial charge is 0.227 e. The summed E-state index contributed by atoms with van der Waals surface area (Å²) in [7, 11) is 1.41.